The number of rotatable bonds is 5. The molecule has 3 N–H and O–H groups in total. The van der Waals surface area contributed by atoms with E-state index < -0.39 is 0 Å². The fourth-order valence-electron chi connectivity index (χ4n) is 1.38. The summed E-state index contributed by atoms with van der Waals surface area (Å²) in [5.41, 5.74) is 8.02. The zero-order chi connectivity index (χ0) is 12.0. The second-order valence-electron chi connectivity index (χ2n) is 3.74. The van der Waals surface area contributed by atoms with Crippen molar-refractivity contribution >= 4 is 23.1 Å². The van der Waals surface area contributed by atoms with Gasteiger partial charge in [-0.05, 0) is 43.6 Å². The SMILES string of the molecule is CSCCC(C)Nc1cc(C#N)ccc1N. The maximum Gasteiger partial charge on any atom is 0.0992 e. The van der Waals surface area contributed by atoms with E-state index in [-0.39, 0.29) is 0 Å². The second-order valence-corrected chi connectivity index (χ2v) is 4.73. The third-order valence-corrected chi connectivity index (χ3v) is 2.98. The number of thioether (sulfide) groups is 1. The average molecular weight is 235 g/mol. The Morgan fingerprint density at radius 3 is 2.94 bits per heavy atom. The fourth-order valence-corrected chi connectivity index (χ4v) is 1.97. The number of hydrogen-bond donors (Lipinski definition) is 2. The molecule has 4 heteroatoms. The normalized spacial score (nSPS) is 11.8. The van der Waals surface area contributed by atoms with E-state index in [1.807, 2.05) is 11.8 Å². The van der Waals surface area contributed by atoms with Crippen molar-refractivity contribution in [2.75, 3.05) is 23.1 Å². The number of nitrogens with zero attached hydrogens (tertiary/aromatic N) is 1. The molecule has 0 aromatic heterocycles. The molecule has 0 aliphatic rings. The number of nitrogens with two attached hydrogens (primary N) is 1. The van der Waals surface area contributed by atoms with Crippen molar-refractivity contribution in [3.63, 3.8) is 0 Å². The van der Waals surface area contributed by atoms with E-state index in [4.69, 9.17) is 11.0 Å². The summed E-state index contributed by atoms with van der Waals surface area (Å²) in [4.78, 5) is 0. The Bertz CT molecular complexity index is 384. The monoisotopic (exact) mass is 235 g/mol. The van der Waals surface area contributed by atoms with Crippen LogP contribution in [0.5, 0.6) is 0 Å². The molecule has 0 amide bonds. The highest BCUT2D eigenvalue weighted by Gasteiger charge is 2.05. The first-order valence-corrected chi connectivity index (χ1v) is 6.62. The predicted octanol–water partition coefficient (Wildman–Crippen LogP) is 2.69. The zero-order valence-corrected chi connectivity index (χ0v) is 10.5. The van der Waals surface area contributed by atoms with Crippen LogP contribution in [-0.2, 0) is 0 Å². The minimum Gasteiger partial charge on any atom is -0.397 e. The molecule has 0 bridgehead atoms. The van der Waals surface area contributed by atoms with Gasteiger partial charge in [0.25, 0.3) is 0 Å². The van der Waals surface area contributed by atoms with Crippen LogP contribution in [0, 0.1) is 11.3 Å². The van der Waals surface area contributed by atoms with Crippen molar-refractivity contribution in [1.29, 1.82) is 5.26 Å². The molecule has 0 saturated heterocycles. The lowest BCUT2D eigenvalue weighted by Crippen LogP contribution is -2.17. The molecule has 1 aromatic rings. The van der Waals surface area contributed by atoms with Crippen LogP contribution in [0.3, 0.4) is 0 Å². The first-order chi connectivity index (χ1) is 7.67. The third kappa shape index (κ3) is 3.67. The predicted molar refractivity (Wildman–Crippen MR) is 71.7 cm³/mol. The van der Waals surface area contributed by atoms with Crippen molar-refractivity contribution in [2.45, 2.75) is 19.4 Å². The van der Waals surface area contributed by atoms with Gasteiger partial charge in [-0.3, -0.25) is 0 Å². The molecule has 0 aliphatic heterocycles. The Balaban J connectivity index is 2.69. The van der Waals surface area contributed by atoms with Crippen LogP contribution >= 0.6 is 11.8 Å². The van der Waals surface area contributed by atoms with Gasteiger partial charge in [-0.1, -0.05) is 0 Å². The number of nitrogen functional groups attached to an aromatic ring is 1. The van der Waals surface area contributed by atoms with Crippen molar-refractivity contribution < 1.29 is 0 Å². The van der Waals surface area contributed by atoms with Gasteiger partial charge >= 0.3 is 0 Å². The van der Waals surface area contributed by atoms with Crippen LogP contribution in [0.1, 0.15) is 18.9 Å². The highest BCUT2D eigenvalue weighted by Crippen LogP contribution is 2.21. The molecule has 3 nitrogen and oxygen atoms in total. The van der Waals surface area contributed by atoms with Gasteiger partial charge in [0.2, 0.25) is 0 Å². The molecule has 0 radical (unpaired) electrons. The van der Waals surface area contributed by atoms with E-state index in [0.29, 0.717) is 17.3 Å². The highest BCUT2D eigenvalue weighted by molar-refractivity contribution is 7.98. The summed E-state index contributed by atoms with van der Waals surface area (Å²) in [5.74, 6) is 1.12. The van der Waals surface area contributed by atoms with E-state index >= 15 is 0 Å². The average Bonchev–Trinajstić information content (AvgIpc) is 2.29. The summed E-state index contributed by atoms with van der Waals surface area (Å²) < 4.78 is 0. The van der Waals surface area contributed by atoms with E-state index in [1.165, 1.54) is 0 Å². The van der Waals surface area contributed by atoms with E-state index in [0.717, 1.165) is 17.9 Å². The maximum absolute atomic E-state index is 8.81. The Morgan fingerprint density at radius 1 is 1.56 bits per heavy atom. The van der Waals surface area contributed by atoms with Crippen LogP contribution in [0.2, 0.25) is 0 Å². The number of hydrogen-bond acceptors (Lipinski definition) is 4. The molecular weight excluding hydrogens is 218 g/mol. The van der Waals surface area contributed by atoms with Gasteiger partial charge in [-0.2, -0.15) is 17.0 Å². The standard InChI is InChI=1S/C12H17N3S/c1-9(5-6-16-2)15-12-7-10(8-13)3-4-11(12)14/h3-4,7,9,15H,5-6,14H2,1-2H3. The molecule has 1 atom stereocenters. The summed E-state index contributed by atoms with van der Waals surface area (Å²) >= 11 is 1.83. The molecule has 0 saturated carbocycles. The van der Waals surface area contributed by atoms with Gasteiger partial charge in [-0.15, -0.1) is 0 Å². The minimum absolute atomic E-state index is 0.365. The molecule has 0 aliphatic carbocycles. The number of anilines is 2. The van der Waals surface area contributed by atoms with E-state index in [2.05, 4.69) is 24.6 Å². The quantitative estimate of drug-likeness (QED) is 0.770. The van der Waals surface area contributed by atoms with Crippen LogP contribution in [-0.4, -0.2) is 18.1 Å². The van der Waals surface area contributed by atoms with Gasteiger partial charge in [0.1, 0.15) is 0 Å². The number of nitrogens with one attached hydrogen (secondary N) is 1. The molecule has 1 unspecified atom stereocenters. The lowest BCUT2D eigenvalue weighted by Gasteiger charge is -2.16. The Labute approximate surface area is 101 Å². The molecule has 0 spiro atoms. The summed E-state index contributed by atoms with van der Waals surface area (Å²) in [6.07, 6.45) is 3.18. The maximum atomic E-state index is 8.81. The third-order valence-electron chi connectivity index (χ3n) is 2.34. The first kappa shape index (κ1) is 12.7. The Morgan fingerprint density at radius 2 is 2.31 bits per heavy atom. The van der Waals surface area contributed by atoms with Gasteiger partial charge in [-0.25, -0.2) is 0 Å². The summed E-state index contributed by atoms with van der Waals surface area (Å²) in [6.45, 7) is 2.12. The van der Waals surface area contributed by atoms with Crippen LogP contribution in [0.4, 0.5) is 11.4 Å². The smallest absolute Gasteiger partial charge is 0.0992 e. The fraction of sp³-hybridized carbons (Fsp3) is 0.417. The molecule has 86 valence electrons. The van der Waals surface area contributed by atoms with Crippen molar-refractivity contribution in [3.8, 4) is 6.07 Å². The zero-order valence-electron chi connectivity index (χ0n) is 9.66. The van der Waals surface area contributed by atoms with E-state index in [1.54, 1.807) is 18.2 Å². The second kappa shape index (κ2) is 6.29. The number of benzene rings is 1. The summed E-state index contributed by atoms with van der Waals surface area (Å²) in [5, 5.41) is 12.1. The molecule has 1 aromatic carbocycles. The topological polar surface area (TPSA) is 61.8 Å². The van der Waals surface area contributed by atoms with Gasteiger partial charge < -0.3 is 11.1 Å². The first-order valence-electron chi connectivity index (χ1n) is 5.22. The van der Waals surface area contributed by atoms with E-state index in [9.17, 15) is 0 Å². The lowest BCUT2D eigenvalue weighted by atomic mass is 10.1. The summed E-state index contributed by atoms with van der Waals surface area (Å²) in [7, 11) is 0. The lowest BCUT2D eigenvalue weighted by molar-refractivity contribution is 0.772. The van der Waals surface area contributed by atoms with Gasteiger partial charge in [0.05, 0.1) is 23.0 Å². The van der Waals surface area contributed by atoms with Crippen LogP contribution in [0.15, 0.2) is 18.2 Å². The van der Waals surface area contributed by atoms with Crippen LogP contribution in [0.25, 0.3) is 0 Å². The molecule has 1 rings (SSSR count). The van der Waals surface area contributed by atoms with Crippen molar-refractivity contribution in [3.05, 3.63) is 23.8 Å². The van der Waals surface area contributed by atoms with Crippen molar-refractivity contribution in [1.82, 2.24) is 0 Å². The van der Waals surface area contributed by atoms with Crippen molar-refractivity contribution in [2.24, 2.45) is 0 Å². The van der Waals surface area contributed by atoms with Gasteiger partial charge in [0, 0.05) is 6.04 Å². The molecular formula is C12H17N3S. The Hall–Kier alpha value is -1.34. The molecule has 16 heavy (non-hydrogen) atoms. The highest BCUT2D eigenvalue weighted by atomic mass is 32.2. The number of nitriles is 1. The van der Waals surface area contributed by atoms with Crippen LogP contribution < -0.4 is 11.1 Å². The summed E-state index contributed by atoms with van der Waals surface area (Å²) in [6, 6.07) is 7.77. The van der Waals surface area contributed by atoms with Gasteiger partial charge in [0.15, 0.2) is 0 Å². The largest absolute Gasteiger partial charge is 0.397 e. The molecule has 0 heterocycles. The Kier molecular flexibility index (Phi) is 5.00. The minimum atomic E-state index is 0.365. The molecule has 0 fully saturated rings.